The summed E-state index contributed by atoms with van der Waals surface area (Å²) < 4.78 is 52.3. The minimum absolute atomic E-state index is 0. The van der Waals surface area contributed by atoms with Crippen LogP contribution in [0.15, 0.2) is 23.2 Å². The first kappa shape index (κ1) is 27.6. The van der Waals surface area contributed by atoms with E-state index in [0.29, 0.717) is 31.6 Å². The van der Waals surface area contributed by atoms with Crippen molar-refractivity contribution in [3.63, 3.8) is 0 Å². The van der Waals surface area contributed by atoms with E-state index < -0.39 is 12.8 Å². The van der Waals surface area contributed by atoms with E-state index in [1.54, 1.807) is 19.2 Å². The molecule has 0 aliphatic carbocycles. The maximum Gasteiger partial charge on any atom is 0.422 e. The molecule has 6 nitrogen and oxygen atoms in total. The van der Waals surface area contributed by atoms with Crippen LogP contribution in [0.2, 0.25) is 0 Å². The van der Waals surface area contributed by atoms with Gasteiger partial charge in [0.2, 0.25) is 0 Å². The molecule has 168 valence electrons. The Kier molecular flexibility index (Phi) is 13.8. The van der Waals surface area contributed by atoms with Gasteiger partial charge in [0, 0.05) is 26.7 Å². The molecule has 0 aliphatic heterocycles. The molecule has 0 spiro atoms. The fourth-order valence-corrected chi connectivity index (χ4v) is 2.17. The average Bonchev–Trinajstić information content (AvgIpc) is 2.64. The predicted molar refractivity (Wildman–Crippen MR) is 118 cm³/mol. The van der Waals surface area contributed by atoms with Gasteiger partial charge in [0.1, 0.15) is 0 Å². The maximum absolute atomic E-state index is 12.3. The SMILES string of the molecule is CN=C(NCCOCCC(C)C)NCc1ccc(OCC(F)(F)F)c(OC)c1.I. The van der Waals surface area contributed by atoms with Crippen LogP contribution in [0.5, 0.6) is 11.5 Å². The molecule has 0 aromatic heterocycles. The Morgan fingerprint density at radius 3 is 2.45 bits per heavy atom. The van der Waals surface area contributed by atoms with E-state index in [0.717, 1.165) is 18.6 Å². The Morgan fingerprint density at radius 2 is 1.86 bits per heavy atom. The number of benzene rings is 1. The molecule has 0 bridgehead atoms. The van der Waals surface area contributed by atoms with Gasteiger partial charge in [-0.25, -0.2) is 0 Å². The lowest BCUT2D eigenvalue weighted by Gasteiger charge is -2.15. The zero-order valence-corrected chi connectivity index (χ0v) is 19.6. The zero-order valence-electron chi connectivity index (χ0n) is 17.3. The first-order valence-corrected chi connectivity index (χ1v) is 9.14. The number of nitrogens with one attached hydrogen (secondary N) is 2. The minimum atomic E-state index is -4.40. The van der Waals surface area contributed by atoms with Gasteiger partial charge in [-0.2, -0.15) is 13.2 Å². The van der Waals surface area contributed by atoms with Crippen molar-refractivity contribution in [1.82, 2.24) is 10.6 Å². The second kappa shape index (κ2) is 14.5. The molecule has 0 heterocycles. The van der Waals surface area contributed by atoms with Gasteiger partial charge in [-0.1, -0.05) is 19.9 Å². The summed E-state index contributed by atoms with van der Waals surface area (Å²) in [6.45, 7) is 5.28. The van der Waals surface area contributed by atoms with Crippen molar-refractivity contribution in [1.29, 1.82) is 0 Å². The molecular weight excluding hydrogens is 502 g/mol. The monoisotopic (exact) mass is 533 g/mol. The predicted octanol–water partition coefficient (Wildman–Crippen LogP) is 3.98. The Bertz CT molecular complexity index is 614. The first-order valence-electron chi connectivity index (χ1n) is 9.14. The van der Waals surface area contributed by atoms with E-state index in [1.807, 2.05) is 0 Å². The number of halogens is 4. The highest BCUT2D eigenvalue weighted by atomic mass is 127. The van der Waals surface area contributed by atoms with Crippen LogP contribution in [0.1, 0.15) is 25.8 Å². The summed E-state index contributed by atoms with van der Waals surface area (Å²) in [5, 5.41) is 6.27. The van der Waals surface area contributed by atoms with E-state index in [9.17, 15) is 13.2 Å². The number of alkyl halides is 3. The van der Waals surface area contributed by atoms with Crippen LogP contribution in [0, 0.1) is 5.92 Å². The van der Waals surface area contributed by atoms with Crippen molar-refractivity contribution in [3.8, 4) is 11.5 Å². The number of hydrogen-bond acceptors (Lipinski definition) is 4. The topological polar surface area (TPSA) is 64.1 Å². The molecule has 1 aromatic rings. The van der Waals surface area contributed by atoms with Gasteiger partial charge in [0.25, 0.3) is 0 Å². The van der Waals surface area contributed by atoms with Crippen molar-refractivity contribution < 1.29 is 27.4 Å². The Hall–Kier alpha value is -1.43. The molecule has 2 N–H and O–H groups in total. The van der Waals surface area contributed by atoms with Gasteiger partial charge in [0.15, 0.2) is 24.1 Å². The molecule has 1 aromatic carbocycles. The fraction of sp³-hybridized carbons (Fsp3) is 0.632. The lowest BCUT2D eigenvalue weighted by atomic mass is 10.1. The molecule has 0 amide bonds. The highest BCUT2D eigenvalue weighted by Crippen LogP contribution is 2.29. The van der Waals surface area contributed by atoms with Gasteiger partial charge in [-0.15, -0.1) is 24.0 Å². The van der Waals surface area contributed by atoms with E-state index in [4.69, 9.17) is 14.2 Å². The quantitative estimate of drug-likeness (QED) is 0.195. The Labute approximate surface area is 187 Å². The number of ether oxygens (including phenoxy) is 3. The fourth-order valence-electron chi connectivity index (χ4n) is 2.17. The molecule has 0 saturated carbocycles. The van der Waals surface area contributed by atoms with Crippen LogP contribution in [0.3, 0.4) is 0 Å². The first-order chi connectivity index (χ1) is 13.2. The van der Waals surface area contributed by atoms with Gasteiger partial charge >= 0.3 is 6.18 Å². The van der Waals surface area contributed by atoms with Crippen LogP contribution in [0.25, 0.3) is 0 Å². The molecule has 29 heavy (non-hydrogen) atoms. The maximum atomic E-state index is 12.3. The number of aliphatic imine (C=N–C) groups is 1. The third-order valence-electron chi connectivity index (χ3n) is 3.68. The van der Waals surface area contributed by atoms with Crippen LogP contribution >= 0.6 is 24.0 Å². The third-order valence-corrected chi connectivity index (χ3v) is 3.68. The van der Waals surface area contributed by atoms with E-state index in [-0.39, 0.29) is 35.5 Å². The average molecular weight is 533 g/mol. The third kappa shape index (κ3) is 12.7. The smallest absolute Gasteiger partial charge is 0.422 e. The molecule has 0 fully saturated rings. The van der Waals surface area contributed by atoms with Crippen LogP contribution < -0.4 is 20.1 Å². The molecule has 0 unspecified atom stereocenters. The molecule has 0 atom stereocenters. The largest absolute Gasteiger partial charge is 0.493 e. The second-order valence-corrected chi connectivity index (χ2v) is 6.54. The van der Waals surface area contributed by atoms with E-state index >= 15 is 0 Å². The summed E-state index contributed by atoms with van der Waals surface area (Å²) in [5.74, 6) is 1.50. The van der Waals surface area contributed by atoms with Crippen LogP contribution in [-0.2, 0) is 11.3 Å². The van der Waals surface area contributed by atoms with Crippen LogP contribution in [-0.4, -0.2) is 52.7 Å². The Balaban J connectivity index is 0.00000784. The molecule has 1 rings (SSSR count). The number of methoxy groups -OCH3 is 1. The minimum Gasteiger partial charge on any atom is -0.493 e. The van der Waals surface area contributed by atoms with Gasteiger partial charge in [0.05, 0.1) is 13.7 Å². The summed E-state index contributed by atoms with van der Waals surface area (Å²) in [5.41, 5.74) is 0.812. The number of guanidine groups is 1. The number of nitrogens with zero attached hydrogens (tertiary/aromatic N) is 1. The lowest BCUT2D eigenvalue weighted by Crippen LogP contribution is -2.38. The number of rotatable bonds is 11. The lowest BCUT2D eigenvalue weighted by molar-refractivity contribution is -0.153. The van der Waals surface area contributed by atoms with E-state index in [1.165, 1.54) is 13.2 Å². The van der Waals surface area contributed by atoms with E-state index in [2.05, 4.69) is 29.5 Å². The van der Waals surface area contributed by atoms with Crippen molar-refractivity contribution >= 4 is 29.9 Å². The summed E-state index contributed by atoms with van der Waals surface area (Å²) in [4.78, 5) is 4.12. The summed E-state index contributed by atoms with van der Waals surface area (Å²) >= 11 is 0. The van der Waals surface area contributed by atoms with Crippen molar-refractivity contribution in [3.05, 3.63) is 23.8 Å². The van der Waals surface area contributed by atoms with Crippen LogP contribution in [0.4, 0.5) is 13.2 Å². The molecular formula is C19H31F3IN3O3. The normalized spacial score (nSPS) is 11.8. The molecule has 0 radical (unpaired) electrons. The van der Waals surface area contributed by atoms with Gasteiger partial charge in [-0.05, 0) is 30.0 Å². The van der Waals surface area contributed by atoms with Gasteiger partial charge < -0.3 is 24.8 Å². The van der Waals surface area contributed by atoms with Gasteiger partial charge in [-0.3, -0.25) is 4.99 Å². The summed E-state index contributed by atoms with van der Waals surface area (Å²) in [7, 11) is 3.04. The van der Waals surface area contributed by atoms with Crippen molar-refractivity contribution in [2.45, 2.75) is 33.0 Å². The Morgan fingerprint density at radius 1 is 1.14 bits per heavy atom. The molecule has 0 saturated heterocycles. The highest BCUT2D eigenvalue weighted by Gasteiger charge is 2.29. The molecule has 10 heteroatoms. The standard InChI is InChI=1S/C19H30F3N3O3.HI/c1-14(2)7-9-27-10-8-24-18(23-3)25-12-15-5-6-16(17(11-15)26-4)28-13-19(20,21)22;/h5-6,11,14H,7-10,12-13H2,1-4H3,(H2,23,24,25);1H. The zero-order chi connectivity index (χ0) is 21.0. The van der Waals surface area contributed by atoms with Crippen molar-refractivity contribution in [2.24, 2.45) is 10.9 Å². The molecule has 0 aliphatic rings. The summed E-state index contributed by atoms with van der Waals surface area (Å²) in [6.07, 6.45) is -3.38. The number of hydrogen-bond donors (Lipinski definition) is 2. The highest BCUT2D eigenvalue weighted by molar-refractivity contribution is 14.0. The van der Waals surface area contributed by atoms with Crippen molar-refractivity contribution in [2.75, 3.05) is 40.5 Å². The second-order valence-electron chi connectivity index (χ2n) is 6.54. The summed E-state index contributed by atoms with van der Waals surface area (Å²) in [6, 6.07) is 4.75.